The maximum absolute atomic E-state index is 13.2. The third-order valence-electron chi connectivity index (χ3n) is 9.53. The molecular formula is C31H45N3O4. The van der Waals surface area contributed by atoms with E-state index >= 15 is 0 Å². The minimum atomic E-state index is -1.38. The van der Waals surface area contributed by atoms with E-state index in [0.29, 0.717) is 43.6 Å². The number of hydrogen-bond donors (Lipinski definition) is 2. The molecule has 1 aromatic rings. The fourth-order valence-corrected chi connectivity index (χ4v) is 7.41. The molecule has 1 aliphatic carbocycles. The molecule has 38 heavy (non-hydrogen) atoms. The second kappa shape index (κ2) is 11.1. The van der Waals surface area contributed by atoms with Gasteiger partial charge < -0.3 is 25.0 Å². The highest BCUT2D eigenvalue weighted by molar-refractivity contribution is 5.94. The van der Waals surface area contributed by atoms with Crippen LogP contribution in [0.3, 0.4) is 0 Å². The number of ether oxygens (including phenoxy) is 1. The molecule has 0 aromatic heterocycles. The van der Waals surface area contributed by atoms with Gasteiger partial charge in [0, 0.05) is 43.8 Å². The number of nitrogens with one attached hydrogen (secondary N) is 1. The van der Waals surface area contributed by atoms with E-state index in [-0.39, 0.29) is 30.6 Å². The van der Waals surface area contributed by atoms with Crippen molar-refractivity contribution in [2.75, 3.05) is 45.9 Å². The van der Waals surface area contributed by atoms with E-state index in [1.165, 1.54) is 44.1 Å². The van der Waals surface area contributed by atoms with Gasteiger partial charge in [0.25, 0.3) is 11.8 Å². The molecule has 7 nitrogen and oxygen atoms in total. The summed E-state index contributed by atoms with van der Waals surface area (Å²) in [5.41, 5.74) is 4.13. The molecule has 3 aliphatic heterocycles. The van der Waals surface area contributed by atoms with Crippen LogP contribution in [0, 0.1) is 5.92 Å². The van der Waals surface area contributed by atoms with Crippen LogP contribution in [0.5, 0.6) is 0 Å². The van der Waals surface area contributed by atoms with Crippen LogP contribution in [0.2, 0.25) is 0 Å². The zero-order valence-electron chi connectivity index (χ0n) is 23.4. The first kappa shape index (κ1) is 27.4. The number of carbonyl (C=O) groups excluding carboxylic acids is 2. The largest absolute Gasteiger partial charge is 0.376 e. The van der Waals surface area contributed by atoms with Crippen LogP contribution in [0.25, 0.3) is 0 Å². The number of fused-ring (bicyclic) bond motifs is 1. The quantitative estimate of drug-likeness (QED) is 0.530. The normalized spacial score (nSPS) is 29.1. The predicted molar refractivity (Wildman–Crippen MR) is 148 cm³/mol. The Morgan fingerprint density at radius 1 is 1.03 bits per heavy atom. The summed E-state index contributed by atoms with van der Waals surface area (Å²) in [4.78, 5) is 29.2. The molecule has 3 unspecified atom stereocenters. The van der Waals surface area contributed by atoms with Crippen molar-refractivity contribution in [3.63, 3.8) is 0 Å². The van der Waals surface area contributed by atoms with Crippen LogP contribution in [-0.2, 0) is 9.53 Å². The van der Waals surface area contributed by atoms with Crippen molar-refractivity contribution in [1.82, 2.24) is 15.1 Å². The summed E-state index contributed by atoms with van der Waals surface area (Å²) in [5.74, 6) is 0.887. The SMILES string of the molecule is CCCC1=C(C)CNC2(CCC)CC(c3ccc(C(=O)N4CCN(C(=O)C5(O)COC5)CC4)cc3)CCC12. The van der Waals surface area contributed by atoms with Gasteiger partial charge in [-0.3, -0.25) is 9.59 Å². The molecule has 2 N–H and O–H groups in total. The summed E-state index contributed by atoms with van der Waals surface area (Å²) in [6.07, 6.45) is 8.43. The van der Waals surface area contributed by atoms with Crippen LogP contribution in [0.1, 0.15) is 87.6 Å². The highest BCUT2D eigenvalue weighted by atomic mass is 16.5. The lowest BCUT2D eigenvalue weighted by Gasteiger charge is -2.52. The molecule has 4 aliphatic rings. The molecule has 3 heterocycles. The number of hydrogen-bond acceptors (Lipinski definition) is 5. The second-order valence-electron chi connectivity index (χ2n) is 12.1. The number of benzene rings is 1. The zero-order valence-corrected chi connectivity index (χ0v) is 23.4. The fraction of sp³-hybridized carbons (Fsp3) is 0.677. The van der Waals surface area contributed by atoms with Gasteiger partial charge in [-0.2, -0.15) is 0 Å². The number of carbonyl (C=O) groups is 2. The van der Waals surface area contributed by atoms with E-state index in [0.717, 1.165) is 13.0 Å². The molecule has 7 heteroatoms. The summed E-state index contributed by atoms with van der Waals surface area (Å²) < 4.78 is 5.02. The lowest BCUT2D eigenvalue weighted by atomic mass is 9.60. The first-order valence-electron chi connectivity index (χ1n) is 14.7. The third kappa shape index (κ3) is 5.05. The Balaban J connectivity index is 1.22. The second-order valence-corrected chi connectivity index (χ2v) is 12.1. The molecule has 3 atom stereocenters. The number of piperazine rings is 1. The van der Waals surface area contributed by atoms with Crippen LogP contribution in [-0.4, -0.2) is 83.8 Å². The van der Waals surface area contributed by atoms with Crippen LogP contribution in [0.15, 0.2) is 35.4 Å². The standard InChI is InChI=1S/C31H45N3O4/c1-4-6-26-22(3)19-32-30(13-5-2)18-25(11-12-27(26)30)23-7-9-24(10-8-23)28(35)33-14-16-34(17-15-33)29(36)31(37)20-38-21-31/h7-10,25,27,32,37H,4-6,11-21H2,1-3H3. The van der Waals surface area contributed by atoms with Crippen molar-refractivity contribution < 1.29 is 19.4 Å². The molecule has 3 fully saturated rings. The highest BCUT2D eigenvalue weighted by Gasteiger charge is 2.48. The van der Waals surface area contributed by atoms with Crippen molar-refractivity contribution in [1.29, 1.82) is 0 Å². The summed E-state index contributed by atoms with van der Waals surface area (Å²) in [5, 5.41) is 14.3. The maximum atomic E-state index is 13.2. The minimum absolute atomic E-state index is 0.0132. The average Bonchev–Trinajstić information content (AvgIpc) is 2.93. The summed E-state index contributed by atoms with van der Waals surface area (Å²) in [6, 6.07) is 8.31. The number of amides is 2. The molecule has 0 bridgehead atoms. The predicted octanol–water partition coefficient (Wildman–Crippen LogP) is 3.87. The summed E-state index contributed by atoms with van der Waals surface area (Å²) in [7, 11) is 0. The number of rotatable bonds is 7. The van der Waals surface area contributed by atoms with Crippen LogP contribution >= 0.6 is 0 Å². The summed E-state index contributed by atoms with van der Waals surface area (Å²) >= 11 is 0. The van der Waals surface area contributed by atoms with Gasteiger partial charge in [0.05, 0.1) is 13.2 Å². The van der Waals surface area contributed by atoms with Gasteiger partial charge in [-0.1, -0.05) is 50.0 Å². The van der Waals surface area contributed by atoms with Crippen LogP contribution in [0.4, 0.5) is 0 Å². The number of nitrogens with zero attached hydrogens (tertiary/aromatic N) is 2. The molecule has 2 amide bonds. The van der Waals surface area contributed by atoms with Crippen molar-refractivity contribution in [3.8, 4) is 0 Å². The minimum Gasteiger partial charge on any atom is -0.376 e. The monoisotopic (exact) mass is 523 g/mol. The summed E-state index contributed by atoms with van der Waals surface area (Å²) in [6.45, 7) is 9.89. The van der Waals surface area contributed by atoms with Gasteiger partial charge in [-0.15, -0.1) is 0 Å². The first-order chi connectivity index (χ1) is 18.3. The fourth-order valence-electron chi connectivity index (χ4n) is 7.41. The van der Waals surface area contributed by atoms with Gasteiger partial charge in [-0.05, 0) is 68.6 Å². The molecule has 1 saturated carbocycles. The van der Waals surface area contributed by atoms with Crippen molar-refractivity contribution >= 4 is 11.8 Å². The number of aliphatic hydroxyl groups is 1. The van der Waals surface area contributed by atoms with E-state index < -0.39 is 5.60 Å². The molecule has 0 spiro atoms. The van der Waals surface area contributed by atoms with Gasteiger partial charge in [-0.25, -0.2) is 0 Å². The molecule has 208 valence electrons. The Bertz CT molecular complexity index is 1060. The Labute approximate surface area is 227 Å². The van der Waals surface area contributed by atoms with E-state index in [2.05, 4.69) is 38.2 Å². The topological polar surface area (TPSA) is 82.1 Å². The van der Waals surface area contributed by atoms with Gasteiger partial charge >= 0.3 is 0 Å². The van der Waals surface area contributed by atoms with Crippen molar-refractivity contribution in [3.05, 3.63) is 46.5 Å². The smallest absolute Gasteiger partial charge is 0.259 e. The van der Waals surface area contributed by atoms with E-state index in [1.807, 2.05) is 17.0 Å². The lowest BCUT2D eigenvalue weighted by molar-refractivity contribution is -0.201. The van der Waals surface area contributed by atoms with E-state index in [1.54, 1.807) is 16.0 Å². The maximum Gasteiger partial charge on any atom is 0.259 e. The van der Waals surface area contributed by atoms with E-state index in [4.69, 9.17) is 4.74 Å². The molecule has 2 saturated heterocycles. The van der Waals surface area contributed by atoms with E-state index in [9.17, 15) is 14.7 Å². The lowest BCUT2D eigenvalue weighted by Crippen LogP contribution is -2.64. The zero-order chi connectivity index (χ0) is 26.9. The van der Waals surface area contributed by atoms with Crippen LogP contribution < -0.4 is 5.32 Å². The average molecular weight is 524 g/mol. The van der Waals surface area contributed by atoms with Crippen molar-refractivity contribution in [2.45, 2.75) is 82.8 Å². The Hall–Kier alpha value is -2.22. The Kier molecular flexibility index (Phi) is 7.99. The van der Waals surface area contributed by atoms with Crippen molar-refractivity contribution in [2.24, 2.45) is 5.92 Å². The Morgan fingerprint density at radius 2 is 1.71 bits per heavy atom. The highest BCUT2D eigenvalue weighted by Crippen LogP contribution is 2.50. The van der Waals surface area contributed by atoms with Gasteiger partial charge in [0.15, 0.2) is 5.60 Å². The molecule has 1 aromatic carbocycles. The Morgan fingerprint density at radius 3 is 2.32 bits per heavy atom. The van der Waals surface area contributed by atoms with Gasteiger partial charge in [0.1, 0.15) is 0 Å². The first-order valence-corrected chi connectivity index (χ1v) is 14.7. The molecule has 5 rings (SSSR count). The molecular weight excluding hydrogens is 478 g/mol. The molecule has 0 radical (unpaired) electrons. The third-order valence-corrected chi connectivity index (χ3v) is 9.53. The van der Waals surface area contributed by atoms with Gasteiger partial charge in [0.2, 0.25) is 0 Å².